The first-order chi connectivity index (χ1) is 8.22. The van der Waals surface area contributed by atoms with Gasteiger partial charge in [0.05, 0.1) is 0 Å². The van der Waals surface area contributed by atoms with Gasteiger partial charge < -0.3 is 10.6 Å². The molecule has 2 aliphatic rings. The molecule has 0 amide bonds. The van der Waals surface area contributed by atoms with Gasteiger partial charge in [-0.1, -0.05) is 0 Å². The predicted octanol–water partition coefficient (Wildman–Crippen LogP) is 2.60. The minimum atomic E-state index is 0.805. The van der Waals surface area contributed by atoms with Gasteiger partial charge in [-0.2, -0.15) is 0 Å². The van der Waals surface area contributed by atoms with E-state index < -0.39 is 0 Å². The van der Waals surface area contributed by atoms with Crippen LogP contribution in [0.5, 0.6) is 0 Å². The number of hydrogen-bond donors (Lipinski definition) is 2. The molecule has 2 aliphatic heterocycles. The standard InChI is InChI=1S/C14H22N2S/c1-9-5-13(17-10(9)2)8-15-7-11-6-12-3-4-14(11)16-12/h5,11-12,14-16H,3-4,6-8H2,1-2H3. The Morgan fingerprint density at radius 2 is 2.29 bits per heavy atom. The maximum atomic E-state index is 3.70. The van der Waals surface area contributed by atoms with Gasteiger partial charge in [-0.25, -0.2) is 0 Å². The maximum Gasteiger partial charge on any atom is 0.0300 e. The van der Waals surface area contributed by atoms with Crippen LogP contribution in [0.15, 0.2) is 6.07 Å². The van der Waals surface area contributed by atoms with Crippen LogP contribution < -0.4 is 10.6 Å². The molecule has 0 aromatic carbocycles. The number of hydrogen-bond acceptors (Lipinski definition) is 3. The summed E-state index contributed by atoms with van der Waals surface area (Å²) in [6.45, 7) is 6.65. The Balaban J connectivity index is 1.46. The topological polar surface area (TPSA) is 24.1 Å². The van der Waals surface area contributed by atoms with Crippen LogP contribution in [-0.4, -0.2) is 18.6 Å². The van der Waals surface area contributed by atoms with E-state index in [0.717, 1.165) is 24.5 Å². The third kappa shape index (κ3) is 2.42. The summed E-state index contributed by atoms with van der Waals surface area (Å²) in [7, 11) is 0. The zero-order valence-electron chi connectivity index (χ0n) is 10.8. The van der Waals surface area contributed by atoms with E-state index in [-0.39, 0.29) is 0 Å². The second-order valence-electron chi connectivity index (χ2n) is 5.63. The molecule has 3 heteroatoms. The van der Waals surface area contributed by atoms with Crippen molar-refractivity contribution in [2.45, 2.75) is 51.7 Å². The summed E-state index contributed by atoms with van der Waals surface area (Å²) in [5.74, 6) is 0.871. The summed E-state index contributed by atoms with van der Waals surface area (Å²) in [6.07, 6.45) is 4.19. The molecule has 17 heavy (non-hydrogen) atoms. The van der Waals surface area contributed by atoms with Crippen molar-refractivity contribution in [3.05, 3.63) is 21.4 Å². The fourth-order valence-corrected chi connectivity index (χ4v) is 4.30. The van der Waals surface area contributed by atoms with Crippen molar-refractivity contribution in [2.75, 3.05) is 6.54 Å². The number of thiophene rings is 1. The van der Waals surface area contributed by atoms with Crippen molar-refractivity contribution in [1.82, 2.24) is 10.6 Å². The minimum absolute atomic E-state index is 0.805. The van der Waals surface area contributed by atoms with Crippen LogP contribution in [0.2, 0.25) is 0 Å². The van der Waals surface area contributed by atoms with E-state index in [1.54, 1.807) is 0 Å². The quantitative estimate of drug-likeness (QED) is 0.858. The number of aryl methyl sites for hydroxylation is 2. The van der Waals surface area contributed by atoms with Crippen molar-refractivity contribution in [1.29, 1.82) is 0 Å². The zero-order chi connectivity index (χ0) is 11.8. The van der Waals surface area contributed by atoms with Crippen LogP contribution in [0, 0.1) is 19.8 Å². The average molecular weight is 250 g/mol. The van der Waals surface area contributed by atoms with Crippen LogP contribution in [-0.2, 0) is 6.54 Å². The Labute approximate surface area is 108 Å². The summed E-state index contributed by atoms with van der Waals surface area (Å²) in [4.78, 5) is 2.94. The molecule has 3 atom stereocenters. The highest BCUT2D eigenvalue weighted by Gasteiger charge is 2.38. The van der Waals surface area contributed by atoms with Crippen molar-refractivity contribution in [2.24, 2.45) is 5.92 Å². The lowest BCUT2D eigenvalue weighted by Crippen LogP contribution is -2.31. The molecule has 0 radical (unpaired) electrons. The smallest absolute Gasteiger partial charge is 0.0300 e. The van der Waals surface area contributed by atoms with Crippen molar-refractivity contribution < 1.29 is 0 Å². The molecule has 1 aromatic rings. The van der Waals surface area contributed by atoms with Gasteiger partial charge in [-0.3, -0.25) is 0 Å². The van der Waals surface area contributed by atoms with E-state index in [1.807, 2.05) is 11.3 Å². The fourth-order valence-electron chi connectivity index (χ4n) is 3.28. The molecule has 2 fully saturated rings. The Kier molecular flexibility index (Phi) is 3.24. The van der Waals surface area contributed by atoms with Gasteiger partial charge in [0, 0.05) is 28.4 Å². The van der Waals surface area contributed by atoms with Crippen LogP contribution in [0.1, 0.15) is 34.6 Å². The van der Waals surface area contributed by atoms with Crippen molar-refractivity contribution in [3.63, 3.8) is 0 Å². The van der Waals surface area contributed by atoms with Crippen molar-refractivity contribution in [3.8, 4) is 0 Å². The molecular weight excluding hydrogens is 228 g/mol. The highest BCUT2D eigenvalue weighted by atomic mass is 32.1. The first-order valence-corrected chi connectivity index (χ1v) is 7.56. The second kappa shape index (κ2) is 4.71. The summed E-state index contributed by atoms with van der Waals surface area (Å²) in [6, 6.07) is 3.96. The molecule has 0 saturated carbocycles. The molecule has 3 rings (SSSR count). The SMILES string of the molecule is Cc1cc(CNCC2CC3CCC2N3)sc1C. The second-order valence-corrected chi connectivity index (χ2v) is 6.97. The maximum absolute atomic E-state index is 3.70. The Hall–Kier alpha value is -0.380. The predicted molar refractivity (Wildman–Crippen MR) is 73.6 cm³/mol. The van der Waals surface area contributed by atoms with Gasteiger partial charge >= 0.3 is 0 Å². The Morgan fingerprint density at radius 3 is 2.88 bits per heavy atom. The zero-order valence-corrected chi connectivity index (χ0v) is 11.6. The molecule has 0 spiro atoms. The van der Waals surface area contributed by atoms with E-state index >= 15 is 0 Å². The van der Waals surface area contributed by atoms with Crippen LogP contribution >= 0.6 is 11.3 Å². The lowest BCUT2D eigenvalue weighted by Gasteiger charge is -2.20. The molecule has 2 saturated heterocycles. The molecule has 3 heterocycles. The first kappa shape index (κ1) is 11.7. The van der Waals surface area contributed by atoms with Gasteiger partial charge in [0.2, 0.25) is 0 Å². The normalized spacial score (nSPS) is 31.3. The average Bonchev–Trinajstić information content (AvgIpc) is 2.96. The first-order valence-electron chi connectivity index (χ1n) is 6.75. The Bertz CT molecular complexity index is 379. The number of fused-ring (bicyclic) bond motifs is 2. The van der Waals surface area contributed by atoms with Crippen LogP contribution in [0.4, 0.5) is 0 Å². The van der Waals surface area contributed by atoms with E-state index in [1.165, 1.54) is 41.1 Å². The van der Waals surface area contributed by atoms with Gasteiger partial charge in [0.1, 0.15) is 0 Å². The Morgan fingerprint density at radius 1 is 1.41 bits per heavy atom. The largest absolute Gasteiger partial charge is 0.312 e. The molecule has 1 aromatic heterocycles. The number of rotatable bonds is 4. The number of nitrogens with one attached hydrogen (secondary N) is 2. The molecule has 2 bridgehead atoms. The van der Waals surface area contributed by atoms with Gasteiger partial charge in [-0.05, 0) is 57.2 Å². The molecular formula is C14H22N2S. The molecule has 94 valence electrons. The molecule has 2 N–H and O–H groups in total. The highest BCUT2D eigenvalue weighted by molar-refractivity contribution is 7.12. The van der Waals surface area contributed by atoms with Crippen molar-refractivity contribution >= 4 is 11.3 Å². The lowest BCUT2D eigenvalue weighted by atomic mass is 9.89. The van der Waals surface area contributed by atoms with E-state index in [4.69, 9.17) is 0 Å². The fraction of sp³-hybridized carbons (Fsp3) is 0.714. The summed E-state index contributed by atoms with van der Waals surface area (Å²) >= 11 is 1.93. The third-order valence-corrected chi connectivity index (χ3v) is 5.51. The van der Waals surface area contributed by atoms with Gasteiger partial charge in [-0.15, -0.1) is 11.3 Å². The van der Waals surface area contributed by atoms with Crippen LogP contribution in [0.3, 0.4) is 0 Å². The lowest BCUT2D eigenvalue weighted by molar-refractivity contribution is 0.383. The van der Waals surface area contributed by atoms with E-state index in [0.29, 0.717) is 0 Å². The molecule has 2 nitrogen and oxygen atoms in total. The van der Waals surface area contributed by atoms with Gasteiger partial charge in [0.25, 0.3) is 0 Å². The van der Waals surface area contributed by atoms with Gasteiger partial charge in [0.15, 0.2) is 0 Å². The monoisotopic (exact) mass is 250 g/mol. The minimum Gasteiger partial charge on any atom is -0.312 e. The van der Waals surface area contributed by atoms with Crippen LogP contribution in [0.25, 0.3) is 0 Å². The summed E-state index contributed by atoms with van der Waals surface area (Å²) < 4.78 is 0. The molecule has 0 aliphatic carbocycles. The van der Waals surface area contributed by atoms with E-state index in [9.17, 15) is 0 Å². The molecule has 3 unspecified atom stereocenters. The summed E-state index contributed by atoms with van der Waals surface area (Å²) in [5, 5.41) is 7.34. The highest BCUT2D eigenvalue weighted by Crippen LogP contribution is 2.32. The third-order valence-electron chi connectivity index (χ3n) is 4.35. The van der Waals surface area contributed by atoms with E-state index in [2.05, 4.69) is 30.5 Å². The summed E-state index contributed by atoms with van der Waals surface area (Å²) in [5.41, 5.74) is 1.44.